The van der Waals surface area contributed by atoms with E-state index in [1.807, 2.05) is 9.80 Å². The van der Waals surface area contributed by atoms with Gasteiger partial charge in [0.25, 0.3) is 0 Å². The van der Waals surface area contributed by atoms with Gasteiger partial charge in [0, 0.05) is 49.3 Å². The van der Waals surface area contributed by atoms with Gasteiger partial charge in [-0.3, -0.25) is 19.4 Å². The maximum Gasteiger partial charge on any atom is 0.317 e. The lowest BCUT2D eigenvalue weighted by Gasteiger charge is -2.39. The first-order valence-corrected chi connectivity index (χ1v) is 10.2. The van der Waals surface area contributed by atoms with E-state index in [0.29, 0.717) is 26.2 Å². The molecule has 0 aromatic carbocycles. The Balaban J connectivity index is 2.97. The molecule has 164 valence electrons. The van der Waals surface area contributed by atoms with E-state index in [-0.39, 0.29) is 36.3 Å². The lowest BCUT2D eigenvalue weighted by molar-refractivity contribution is -0.140. The quantitative estimate of drug-likeness (QED) is 0.555. The summed E-state index contributed by atoms with van der Waals surface area (Å²) in [6.07, 6.45) is 1.61. The predicted octanol–water partition coefficient (Wildman–Crippen LogP) is 1.07. The summed E-state index contributed by atoms with van der Waals surface area (Å²) in [6.45, 7) is 15.3. The van der Waals surface area contributed by atoms with Crippen molar-refractivity contribution in [3.05, 3.63) is 0 Å². The number of nitrogens with zero attached hydrogens (tertiary/aromatic N) is 2. The number of carboxylic acid groups (broad SMARTS) is 2. The van der Waals surface area contributed by atoms with Crippen molar-refractivity contribution in [1.29, 1.82) is 0 Å². The van der Waals surface area contributed by atoms with Gasteiger partial charge in [-0.1, -0.05) is 0 Å². The fraction of sp³-hybridized carbons (Fsp3) is 0.900. The first-order valence-electron chi connectivity index (χ1n) is 10.2. The van der Waals surface area contributed by atoms with E-state index in [9.17, 15) is 19.8 Å². The van der Waals surface area contributed by atoms with Crippen LogP contribution in [0, 0.1) is 0 Å². The molecule has 1 saturated heterocycles. The maximum absolute atomic E-state index is 11.3. The number of hydrogen-bond donors (Lipinski definition) is 4. The zero-order valence-corrected chi connectivity index (χ0v) is 18.4. The third-order valence-corrected chi connectivity index (χ3v) is 5.54. The molecule has 4 N–H and O–H groups in total. The van der Waals surface area contributed by atoms with Gasteiger partial charge in [0.2, 0.25) is 0 Å². The second-order valence-corrected chi connectivity index (χ2v) is 9.46. The first kappa shape index (κ1) is 24.8. The van der Waals surface area contributed by atoms with Crippen molar-refractivity contribution in [3.63, 3.8) is 0 Å². The molecular weight excluding hydrogens is 360 g/mol. The van der Waals surface area contributed by atoms with Crippen LogP contribution in [0.4, 0.5) is 0 Å². The molecule has 8 heteroatoms. The third kappa shape index (κ3) is 9.32. The van der Waals surface area contributed by atoms with Crippen LogP contribution in [0.15, 0.2) is 0 Å². The van der Waals surface area contributed by atoms with Gasteiger partial charge < -0.3 is 20.8 Å². The molecule has 0 aliphatic carbocycles. The largest absolute Gasteiger partial charge is 0.480 e. The SMILES string of the molecule is CC1CC(C)(C)NCCN(CC(=O)O)C(C)CC(C)(C)NCCN1CC(=O)O. The predicted molar refractivity (Wildman–Crippen MR) is 111 cm³/mol. The van der Waals surface area contributed by atoms with E-state index in [1.54, 1.807) is 0 Å². The molecule has 0 spiro atoms. The van der Waals surface area contributed by atoms with Gasteiger partial charge in [-0.25, -0.2) is 0 Å². The first-order chi connectivity index (χ1) is 12.8. The highest BCUT2D eigenvalue weighted by Gasteiger charge is 2.29. The minimum Gasteiger partial charge on any atom is -0.480 e. The minimum atomic E-state index is -0.809. The highest BCUT2D eigenvalue weighted by atomic mass is 16.4. The fourth-order valence-electron chi connectivity index (χ4n) is 4.21. The van der Waals surface area contributed by atoms with Crippen molar-refractivity contribution >= 4 is 11.9 Å². The Kier molecular flexibility index (Phi) is 9.33. The highest BCUT2D eigenvalue weighted by molar-refractivity contribution is 5.69. The van der Waals surface area contributed by atoms with Gasteiger partial charge in [-0.05, 0) is 54.4 Å². The summed E-state index contributed by atoms with van der Waals surface area (Å²) in [5.74, 6) is -1.62. The molecule has 1 fully saturated rings. The monoisotopic (exact) mass is 400 g/mol. The van der Waals surface area contributed by atoms with Gasteiger partial charge >= 0.3 is 11.9 Å². The summed E-state index contributed by atoms with van der Waals surface area (Å²) in [4.78, 5) is 26.7. The normalized spacial score (nSPS) is 28.4. The second kappa shape index (κ2) is 10.5. The number of rotatable bonds is 4. The summed E-state index contributed by atoms with van der Waals surface area (Å²) in [6, 6.07) is 0.223. The zero-order valence-electron chi connectivity index (χ0n) is 18.4. The van der Waals surface area contributed by atoms with Gasteiger partial charge in [0.05, 0.1) is 13.1 Å². The second-order valence-electron chi connectivity index (χ2n) is 9.46. The summed E-state index contributed by atoms with van der Waals surface area (Å²) >= 11 is 0. The van der Waals surface area contributed by atoms with Crippen LogP contribution in [0.5, 0.6) is 0 Å². The average Bonchev–Trinajstić information content (AvgIpc) is 2.50. The van der Waals surface area contributed by atoms with Crippen molar-refractivity contribution in [2.45, 2.75) is 77.5 Å². The summed E-state index contributed by atoms with van der Waals surface area (Å²) in [5.41, 5.74) is -0.351. The Labute approximate surface area is 169 Å². The Morgan fingerprint density at radius 2 is 1.14 bits per heavy atom. The van der Waals surface area contributed by atoms with Crippen LogP contribution in [0.3, 0.4) is 0 Å². The van der Waals surface area contributed by atoms with Crippen LogP contribution < -0.4 is 10.6 Å². The van der Waals surface area contributed by atoms with Crippen LogP contribution in [-0.4, -0.2) is 94.4 Å². The van der Waals surface area contributed by atoms with E-state index in [4.69, 9.17) is 0 Å². The maximum atomic E-state index is 11.3. The Morgan fingerprint density at radius 1 is 0.821 bits per heavy atom. The minimum absolute atomic E-state index is 0.0299. The summed E-state index contributed by atoms with van der Waals surface area (Å²) in [7, 11) is 0. The molecule has 0 aromatic rings. The van der Waals surface area contributed by atoms with Crippen LogP contribution in [0.2, 0.25) is 0 Å². The molecule has 1 heterocycles. The van der Waals surface area contributed by atoms with Crippen LogP contribution in [0.1, 0.15) is 54.4 Å². The van der Waals surface area contributed by atoms with Crippen molar-refractivity contribution < 1.29 is 19.8 Å². The van der Waals surface area contributed by atoms with Gasteiger partial charge in [-0.15, -0.1) is 0 Å². The van der Waals surface area contributed by atoms with E-state index in [0.717, 1.165) is 12.8 Å². The molecule has 0 amide bonds. The molecule has 0 radical (unpaired) electrons. The van der Waals surface area contributed by atoms with Crippen molar-refractivity contribution in [1.82, 2.24) is 20.4 Å². The molecule has 28 heavy (non-hydrogen) atoms. The third-order valence-electron chi connectivity index (χ3n) is 5.54. The molecular formula is C20H40N4O4. The van der Waals surface area contributed by atoms with Crippen molar-refractivity contribution in [2.24, 2.45) is 0 Å². The number of carbonyl (C=O) groups is 2. The molecule has 8 nitrogen and oxygen atoms in total. The molecule has 2 unspecified atom stereocenters. The van der Waals surface area contributed by atoms with Crippen LogP contribution in [-0.2, 0) is 9.59 Å². The van der Waals surface area contributed by atoms with Crippen LogP contribution in [0.25, 0.3) is 0 Å². The van der Waals surface area contributed by atoms with E-state index in [2.05, 4.69) is 52.2 Å². The van der Waals surface area contributed by atoms with Crippen molar-refractivity contribution in [3.8, 4) is 0 Å². The van der Waals surface area contributed by atoms with E-state index in [1.165, 1.54) is 0 Å². The van der Waals surface area contributed by atoms with Gasteiger partial charge in [-0.2, -0.15) is 0 Å². The molecule has 0 saturated carbocycles. The molecule has 1 rings (SSSR count). The number of carboxylic acids is 2. The number of hydrogen-bond acceptors (Lipinski definition) is 6. The van der Waals surface area contributed by atoms with Crippen molar-refractivity contribution in [2.75, 3.05) is 39.3 Å². The lowest BCUT2D eigenvalue weighted by atomic mass is 9.93. The van der Waals surface area contributed by atoms with Gasteiger partial charge in [0.1, 0.15) is 0 Å². The van der Waals surface area contributed by atoms with Crippen LogP contribution >= 0.6 is 0 Å². The topological polar surface area (TPSA) is 105 Å². The highest BCUT2D eigenvalue weighted by Crippen LogP contribution is 2.19. The molecule has 1 aliphatic heterocycles. The summed E-state index contributed by atoms with van der Waals surface area (Å²) < 4.78 is 0. The standard InChI is InChI=1S/C20H40N4O4/c1-15-11-19(3,4)21-8-10-24(14-18(27)28)16(2)12-20(5,6)22-7-9-23(15)13-17(25)26/h15-16,21-22H,7-14H2,1-6H3,(H,25,26)(H,27,28). The van der Waals surface area contributed by atoms with E-state index >= 15 is 0 Å². The van der Waals surface area contributed by atoms with Gasteiger partial charge in [0.15, 0.2) is 0 Å². The lowest BCUT2D eigenvalue weighted by Crippen LogP contribution is -2.54. The summed E-state index contributed by atoms with van der Waals surface area (Å²) in [5, 5.41) is 25.7. The molecule has 0 aromatic heterocycles. The Morgan fingerprint density at radius 3 is 1.43 bits per heavy atom. The zero-order chi connectivity index (χ0) is 21.5. The number of nitrogens with one attached hydrogen (secondary N) is 2. The molecule has 1 aliphatic rings. The Bertz CT molecular complexity index is 478. The Hall–Kier alpha value is -1.22. The smallest absolute Gasteiger partial charge is 0.317 e. The molecule has 0 bridgehead atoms. The fourth-order valence-corrected chi connectivity index (χ4v) is 4.21. The average molecular weight is 401 g/mol. The molecule has 2 atom stereocenters. The number of aliphatic carboxylic acids is 2. The van der Waals surface area contributed by atoms with E-state index < -0.39 is 11.9 Å².